The molecule has 0 bridgehead atoms. The molecule has 0 radical (unpaired) electrons. The van der Waals surface area contributed by atoms with Gasteiger partial charge in [-0.3, -0.25) is 25.2 Å². The molecule has 3 amide bonds. The average Bonchev–Trinajstić information content (AvgIpc) is 3.03. The van der Waals surface area contributed by atoms with E-state index in [1.54, 1.807) is 18.2 Å². The van der Waals surface area contributed by atoms with Gasteiger partial charge in [0.15, 0.2) is 6.61 Å². The number of fused-ring (bicyclic) bond motifs is 1. The van der Waals surface area contributed by atoms with Crippen LogP contribution in [0.4, 0.5) is 10.1 Å². The number of thiophene rings is 1. The molecule has 2 aromatic carbocycles. The number of anilines is 1. The van der Waals surface area contributed by atoms with Crippen molar-refractivity contribution in [3.05, 3.63) is 57.1 Å². The molecule has 0 atom stereocenters. The van der Waals surface area contributed by atoms with E-state index in [9.17, 15) is 18.8 Å². The van der Waals surface area contributed by atoms with Crippen LogP contribution in [0, 0.1) is 5.82 Å². The highest BCUT2D eigenvalue weighted by atomic mass is 35.5. The number of carbonyl (C=O) groups is 3. The van der Waals surface area contributed by atoms with Gasteiger partial charge in [-0.1, -0.05) is 23.2 Å². The van der Waals surface area contributed by atoms with Crippen LogP contribution in [0.2, 0.25) is 10.0 Å². The van der Waals surface area contributed by atoms with Crippen molar-refractivity contribution < 1.29 is 23.5 Å². The van der Waals surface area contributed by atoms with Crippen molar-refractivity contribution in [3.63, 3.8) is 0 Å². The van der Waals surface area contributed by atoms with E-state index >= 15 is 0 Å². The summed E-state index contributed by atoms with van der Waals surface area (Å²) in [6, 6.07) is 8.74. The molecule has 11 heteroatoms. The monoisotopic (exact) mass is 469 g/mol. The van der Waals surface area contributed by atoms with Gasteiger partial charge in [0.25, 0.3) is 11.8 Å². The van der Waals surface area contributed by atoms with Gasteiger partial charge in [-0.25, -0.2) is 4.39 Å². The summed E-state index contributed by atoms with van der Waals surface area (Å²) in [4.78, 5) is 35.3. The number of halogens is 3. The number of benzene rings is 2. The first-order chi connectivity index (χ1) is 14.2. The number of carbonyl (C=O) groups excluding carboxylic acids is 3. The zero-order valence-corrected chi connectivity index (χ0v) is 17.7. The number of ether oxygens (including phenoxy) is 1. The van der Waals surface area contributed by atoms with Gasteiger partial charge >= 0.3 is 0 Å². The third-order valence-electron chi connectivity index (χ3n) is 3.73. The topological polar surface area (TPSA) is 96.5 Å². The van der Waals surface area contributed by atoms with E-state index in [-0.39, 0.29) is 21.5 Å². The van der Waals surface area contributed by atoms with Crippen molar-refractivity contribution in [1.29, 1.82) is 0 Å². The lowest BCUT2D eigenvalue weighted by molar-refractivity contribution is -0.120. The number of hydrazine groups is 1. The first-order valence-electron chi connectivity index (χ1n) is 8.41. The van der Waals surface area contributed by atoms with Crippen LogP contribution >= 0.6 is 34.5 Å². The Bertz CT molecular complexity index is 1150. The molecule has 7 nitrogen and oxygen atoms in total. The van der Waals surface area contributed by atoms with Gasteiger partial charge in [0, 0.05) is 22.7 Å². The quantitative estimate of drug-likeness (QED) is 0.489. The molecule has 3 N–H and O–H groups in total. The smallest absolute Gasteiger partial charge is 0.281 e. The van der Waals surface area contributed by atoms with Crippen LogP contribution in [0.25, 0.3) is 10.1 Å². The number of nitrogens with one attached hydrogen (secondary N) is 3. The fourth-order valence-corrected chi connectivity index (χ4v) is 4.02. The van der Waals surface area contributed by atoms with Crippen molar-refractivity contribution in [2.24, 2.45) is 0 Å². The first-order valence-corrected chi connectivity index (χ1v) is 9.98. The standard InChI is InChI=1S/C19H14Cl2FN3O4S/c1-9(26)24-25-19(28)18-17(21)12-4-3-11(7-15(12)30-18)29-8-16(27)23-10-2-5-14(22)13(20)6-10/h2-7H,8H2,1H3,(H,23,27)(H,24,26)(H,25,28). The van der Waals surface area contributed by atoms with Gasteiger partial charge in [0.2, 0.25) is 5.91 Å². The Morgan fingerprint density at radius 3 is 2.57 bits per heavy atom. The largest absolute Gasteiger partial charge is 0.484 e. The van der Waals surface area contributed by atoms with Crippen LogP contribution in [0.1, 0.15) is 16.6 Å². The molecule has 156 valence electrons. The lowest BCUT2D eigenvalue weighted by Gasteiger charge is -2.08. The summed E-state index contributed by atoms with van der Waals surface area (Å²) in [6.07, 6.45) is 0. The molecule has 0 aliphatic heterocycles. The lowest BCUT2D eigenvalue weighted by atomic mass is 10.2. The fraction of sp³-hybridized carbons (Fsp3) is 0.105. The Morgan fingerprint density at radius 2 is 1.87 bits per heavy atom. The van der Waals surface area contributed by atoms with E-state index in [0.717, 1.165) is 17.4 Å². The first kappa shape index (κ1) is 21.8. The summed E-state index contributed by atoms with van der Waals surface area (Å²) in [5.41, 5.74) is 4.79. The molecule has 3 rings (SSSR count). The van der Waals surface area contributed by atoms with Crippen LogP contribution in [0.5, 0.6) is 5.75 Å². The highest BCUT2D eigenvalue weighted by Crippen LogP contribution is 2.37. The molecule has 0 aliphatic carbocycles. The van der Waals surface area contributed by atoms with E-state index in [4.69, 9.17) is 27.9 Å². The van der Waals surface area contributed by atoms with Gasteiger partial charge in [0.1, 0.15) is 16.4 Å². The molecule has 1 aromatic heterocycles. The second-order valence-electron chi connectivity index (χ2n) is 6.00. The van der Waals surface area contributed by atoms with Crippen molar-refractivity contribution >= 4 is 68.0 Å². The number of rotatable bonds is 5. The highest BCUT2D eigenvalue weighted by Gasteiger charge is 2.18. The van der Waals surface area contributed by atoms with Gasteiger partial charge in [0.05, 0.1) is 10.0 Å². The van der Waals surface area contributed by atoms with Gasteiger partial charge in [-0.05, 0) is 36.4 Å². The molecular weight excluding hydrogens is 456 g/mol. The second-order valence-corrected chi connectivity index (χ2v) is 7.84. The Hall–Kier alpha value is -2.88. The summed E-state index contributed by atoms with van der Waals surface area (Å²) in [5, 5.41) is 3.32. The second kappa shape index (κ2) is 9.29. The Balaban J connectivity index is 1.66. The third-order valence-corrected chi connectivity index (χ3v) is 5.68. The maximum absolute atomic E-state index is 13.2. The maximum Gasteiger partial charge on any atom is 0.281 e. The van der Waals surface area contributed by atoms with E-state index in [0.29, 0.717) is 21.5 Å². The predicted octanol–water partition coefficient (Wildman–Crippen LogP) is 4.15. The fourth-order valence-electron chi connectivity index (χ4n) is 2.40. The molecule has 0 unspecified atom stereocenters. The average molecular weight is 470 g/mol. The maximum atomic E-state index is 13.2. The van der Waals surface area contributed by atoms with Crippen LogP contribution in [-0.4, -0.2) is 24.3 Å². The Morgan fingerprint density at radius 1 is 1.10 bits per heavy atom. The normalized spacial score (nSPS) is 10.5. The molecular formula is C19H14Cl2FN3O4S. The SMILES string of the molecule is CC(=O)NNC(=O)c1sc2cc(OCC(=O)Nc3ccc(F)c(Cl)c3)ccc2c1Cl. The molecule has 0 aliphatic rings. The van der Waals surface area contributed by atoms with E-state index in [2.05, 4.69) is 16.2 Å². The Kier molecular flexibility index (Phi) is 6.76. The summed E-state index contributed by atoms with van der Waals surface area (Å²) in [5.74, 6) is -1.62. The Labute approximate surface area is 184 Å². The van der Waals surface area contributed by atoms with E-state index in [1.807, 2.05) is 0 Å². The predicted molar refractivity (Wildman–Crippen MR) is 114 cm³/mol. The minimum absolute atomic E-state index is 0.105. The van der Waals surface area contributed by atoms with Crippen LogP contribution in [0.3, 0.4) is 0 Å². The number of amides is 3. The zero-order chi connectivity index (χ0) is 21.8. The summed E-state index contributed by atoms with van der Waals surface area (Å²) < 4.78 is 19.3. The number of hydrogen-bond donors (Lipinski definition) is 3. The van der Waals surface area contributed by atoms with Crippen molar-refractivity contribution in [2.75, 3.05) is 11.9 Å². The van der Waals surface area contributed by atoms with E-state index < -0.39 is 23.5 Å². The van der Waals surface area contributed by atoms with Crippen molar-refractivity contribution in [2.45, 2.75) is 6.92 Å². The summed E-state index contributed by atoms with van der Waals surface area (Å²) >= 11 is 13.0. The summed E-state index contributed by atoms with van der Waals surface area (Å²) in [7, 11) is 0. The molecule has 0 saturated carbocycles. The van der Waals surface area contributed by atoms with Crippen LogP contribution in [0.15, 0.2) is 36.4 Å². The molecule has 0 fully saturated rings. The minimum atomic E-state index is -0.584. The third kappa shape index (κ3) is 5.18. The van der Waals surface area contributed by atoms with Crippen LogP contribution in [-0.2, 0) is 9.59 Å². The van der Waals surface area contributed by atoms with Gasteiger partial charge in [-0.2, -0.15) is 0 Å². The van der Waals surface area contributed by atoms with Gasteiger partial charge < -0.3 is 10.1 Å². The van der Waals surface area contributed by atoms with Crippen molar-refractivity contribution in [1.82, 2.24) is 10.9 Å². The zero-order valence-electron chi connectivity index (χ0n) is 15.3. The molecule has 30 heavy (non-hydrogen) atoms. The molecule has 1 heterocycles. The highest BCUT2D eigenvalue weighted by molar-refractivity contribution is 7.21. The van der Waals surface area contributed by atoms with Gasteiger partial charge in [-0.15, -0.1) is 11.3 Å². The summed E-state index contributed by atoms with van der Waals surface area (Å²) in [6.45, 7) is 0.965. The van der Waals surface area contributed by atoms with Crippen molar-refractivity contribution in [3.8, 4) is 5.75 Å². The molecule has 0 spiro atoms. The molecule has 0 saturated heterocycles. The minimum Gasteiger partial charge on any atom is -0.484 e. The number of hydrogen-bond acceptors (Lipinski definition) is 5. The van der Waals surface area contributed by atoms with E-state index in [1.165, 1.54) is 19.1 Å². The van der Waals surface area contributed by atoms with Crippen LogP contribution < -0.4 is 20.9 Å². The molecule has 3 aromatic rings. The lowest BCUT2D eigenvalue weighted by Crippen LogP contribution is -2.40.